The summed E-state index contributed by atoms with van der Waals surface area (Å²) in [6.45, 7) is 9.44. The molecule has 2 N–H and O–H groups in total. The lowest BCUT2D eigenvalue weighted by atomic mass is 10.1. The minimum Gasteiger partial charge on any atom is -0.444 e. The highest BCUT2D eigenvalue weighted by molar-refractivity contribution is 6.21. The Morgan fingerprint density at radius 1 is 1.07 bits per heavy atom. The van der Waals surface area contributed by atoms with Crippen molar-refractivity contribution >= 4 is 34.9 Å². The molecule has 5 heterocycles. The van der Waals surface area contributed by atoms with Gasteiger partial charge >= 0.3 is 6.09 Å². The maximum absolute atomic E-state index is 13.4. The highest BCUT2D eigenvalue weighted by atomic mass is 16.8. The largest absolute Gasteiger partial charge is 0.444 e. The number of anilines is 1. The first-order valence-electron chi connectivity index (χ1n) is 14.2. The summed E-state index contributed by atoms with van der Waals surface area (Å²) in [5.74, 6) is -1.34. The standard InChI is InChI=1S/C29H35N7O7/c1-28(2,3)43-27(39)34(11-8-12-35-24(37)16-9-6-7-10-17(16)25(35)38)13-18-20-21(42-29(4,5)41-20)26(40-18)36-15-33-19-22(30)31-14-32-23(19)36/h6-7,9-10,14-15,18,20-21,26H,8,11-13H2,1-5H3,(H2,30,31,32)/t18-,20-,21-,26-/m1/s1. The first kappa shape index (κ1) is 29.0. The van der Waals surface area contributed by atoms with Crippen LogP contribution in [0.1, 0.15) is 68.0 Å². The van der Waals surface area contributed by atoms with Crippen molar-refractivity contribution in [1.29, 1.82) is 0 Å². The summed E-state index contributed by atoms with van der Waals surface area (Å²) in [6, 6.07) is 6.73. The van der Waals surface area contributed by atoms with Crippen molar-refractivity contribution in [2.45, 2.75) is 77.0 Å². The van der Waals surface area contributed by atoms with Crippen molar-refractivity contribution in [2.24, 2.45) is 0 Å². The van der Waals surface area contributed by atoms with Gasteiger partial charge in [-0.1, -0.05) is 12.1 Å². The number of rotatable bonds is 7. The van der Waals surface area contributed by atoms with E-state index in [1.165, 1.54) is 16.1 Å². The van der Waals surface area contributed by atoms with Crippen molar-refractivity contribution in [3.8, 4) is 0 Å². The number of imidazole rings is 1. The topological polar surface area (TPSA) is 164 Å². The molecular formula is C29H35N7O7. The van der Waals surface area contributed by atoms with E-state index in [4.69, 9.17) is 24.7 Å². The molecule has 14 heteroatoms. The molecule has 3 amide bonds. The number of hydrogen-bond acceptors (Lipinski definition) is 11. The summed E-state index contributed by atoms with van der Waals surface area (Å²) < 4.78 is 26.5. The average molecular weight is 594 g/mol. The Hall–Kier alpha value is -4.14. The van der Waals surface area contributed by atoms with Gasteiger partial charge in [-0.05, 0) is 53.2 Å². The number of benzene rings is 1. The molecule has 14 nitrogen and oxygen atoms in total. The number of ether oxygens (including phenoxy) is 4. The SMILES string of the molecule is CC(C)(C)OC(=O)N(CCCN1C(=O)c2ccccc2C1=O)C[C@H]1O[C@@H](n2cnc3c(N)ncnc32)[C@@H]2OC(C)(C)O[C@@H]21. The summed E-state index contributed by atoms with van der Waals surface area (Å²) >= 11 is 0. The second kappa shape index (κ2) is 10.5. The highest BCUT2D eigenvalue weighted by Gasteiger charge is 2.56. The van der Waals surface area contributed by atoms with Crippen LogP contribution in [0.25, 0.3) is 11.2 Å². The summed E-state index contributed by atoms with van der Waals surface area (Å²) in [7, 11) is 0. The molecule has 4 atom stereocenters. The maximum atomic E-state index is 13.4. The Morgan fingerprint density at radius 2 is 1.74 bits per heavy atom. The molecule has 2 saturated heterocycles. The number of carbonyl (C=O) groups excluding carboxylic acids is 3. The normalized spacial score (nSPS) is 24.4. The molecule has 0 aliphatic carbocycles. The van der Waals surface area contributed by atoms with Crippen LogP contribution in [-0.4, -0.2) is 96.6 Å². The Morgan fingerprint density at radius 3 is 2.42 bits per heavy atom. The third-order valence-corrected chi connectivity index (χ3v) is 7.53. The van der Waals surface area contributed by atoms with Crippen molar-refractivity contribution in [2.75, 3.05) is 25.4 Å². The van der Waals surface area contributed by atoms with E-state index in [9.17, 15) is 14.4 Å². The van der Waals surface area contributed by atoms with Gasteiger partial charge in [-0.15, -0.1) is 0 Å². The van der Waals surface area contributed by atoms with Gasteiger partial charge in [0.25, 0.3) is 11.8 Å². The molecule has 0 unspecified atom stereocenters. The molecule has 0 spiro atoms. The fourth-order valence-corrected chi connectivity index (χ4v) is 5.75. The summed E-state index contributed by atoms with van der Waals surface area (Å²) in [6.07, 6.45) is 0.363. The van der Waals surface area contributed by atoms with E-state index in [-0.39, 0.29) is 37.3 Å². The fraction of sp³-hybridized carbons (Fsp3) is 0.517. The van der Waals surface area contributed by atoms with Gasteiger partial charge in [0, 0.05) is 13.1 Å². The maximum Gasteiger partial charge on any atom is 0.410 e. The van der Waals surface area contributed by atoms with Gasteiger partial charge in [0.15, 0.2) is 23.5 Å². The molecule has 3 aliphatic heterocycles. The summed E-state index contributed by atoms with van der Waals surface area (Å²) in [5.41, 5.74) is 6.94. The molecule has 6 rings (SSSR count). The van der Waals surface area contributed by atoms with Crippen LogP contribution in [0.5, 0.6) is 0 Å². The van der Waals surface area contributed by atoms with Gasteiger partial charge in [0.05, 0.1) is 24.0 Å². The van der Waals surface area contributed by atoms with Crippen molar-refractivity contribution in [3.63, 3.8) is 0 Å². The molecule has 2 aromatic heterocycles. The predicted molar refractivity (Wildman–Crippen MR) is 152 cm³/mol. The van der Waals surface area contributed by atoms with Gasteiger partial charge in [-0.2, -0.15) is 0 Å². The van der Waals surface area contributed by atoms with Crippen molar-refractivity contribution < 1.29 is 33.3 Å². The fourth-order valence-electron chi connectivity index (χ4n) is 5.75. The molecule has 0 radical (unpaired) electrons. The van der Waals surface area contributed by atoms with Crippen LogP contribution in [0.2, 0.25) is 0 Å². The minimum absolute atomic E-state index is 0.109. The number of imide groups is 1. The zero-order valence-electron chi connectivity index (χ0n) is 24.7. The number of nitrogens with two attached hydrogens (primary N) is 1. The van der Waals surface area contributed by atoms with Crippen LogP contribution in [0.3, 0.4) is 0 Å². The van der Waals surface area contributed by atoms with Gasteiger partial charge in [0.1, 0.15) is 35.8 Å². The lowest BCUT2D eigenvalue weighted by Crippen LogP contribution is -2.45. The molecule has 1 aromatic carbocycles. The van der Waals surface area contributed by atoms with Crippen LogP contribution in [0.15, 0.2) is 36.9 Å². The van der Waals surface area contributed by atoms with Crippen molar-refractivity contribution in [3.05, 3.63) is 48.0 Å². The third-order valence-electron chi connectivity index (χ3n) is 7.53. The molecule has 2 fully saturated rings. The lowest BCUT2D eigenvalue weighted by molar-refractivity contribution is -0.197. The van der Waals surface area contributed by atoms with Crippen LogP contribution in [0, 0.1) is 0 Å². The van der Waals surface area contributed by atoms with E-state index in [0.29, 0.717) is 28.7 Å². The van der Waals surface area contributed by atoms with Gasteiger partial charge in [0.2, 0.25) is 0 Å². The van der Waals surface area contributed by atoms with E-state index in [2.05, 4.69) is 15.0 Å². The van der Waals surface area contributed by atoms with Crippen LogP contribution in [-0.2, 0) is 18.9 Å². The molecule has 0 bridgehead atoms. The van der Waals surface area contributed by atoms with E-state index < -0.39 is 42.0 Å². The number of nitrogen functional groups attached to an aromatic ring is 1. The van der Waals surface area contributed by atoms with Gasteiger partial charge in [-0.3, -0.25) is 19.1 Å². The Bertz CT molecular complexity index is 1550. The van der Waals surface area contributed by atoms with Gasteiger partial charge in [-0.25, -0.2) is 19.7 Å². The first-order chi connectivity index (χ1) is 20.3. The quantitative estimate of drug-likeness (QED) is 0.401. The van der Waals surface area contributed by atoms with E-state index >= 15 is 0 Å². The molecule has 43 heavy (non-hydrogen) atoms. The van der Waals surface area contributed by atoms with Gasteiger partial charge < -0.3 is 29.6 Å². The first-order valence-corrected chi connectivity index (χ1v) is 14.2. The van der Waals surface area contributed by atoms with E-state index in [1.54, 1.807) is 55.9 Å². The number of fused-ring (bicyclic) bond motifs is 3. The third kappa shape index (κ3) is 5.41. The van der Waals surface area contributed by atoms with Crippen LogP contribution >= 0.6 is 0 Å². The zero-order valence-corrected chi connectivity index (χ0v) is 24.7. The highest BCUT2D eigenvalue weighted by Crippen LogP contribution is 2.44. The zero-order chi connectivity index (χ0) is 30.7. The predicted octanol–water partition coefficient (Wildman–Crippen LogP) is 2.75. The molecule has 228 valence electrons. The van der Waals surface area contributed by atoms with Crippen LogP contribution < -0.4 is 5.73 Å². The number of nitrogens with zero attached hydrogens (tertiary/aromatic N) is 6. The number of hydrogen-bond donors (Lipinski definition) is 1. The second-order valence-electron chi connectivity index (χ2n) is 12.3. The Labute approximate surface area is 248 Å². The van der Waals surface area contributed by atoms with E-state index in [1.807, 2.05) is 13.8 Å². The van der Waals surface area contributed by atoms with E-state index in [0.717, 1.165) is 0 Å². The number of aromatic nitrogens is 4. The number of amides is 3. The number of carbonyl (C=O) groups is 3. The Kier molecular flexibility index (Phi) is 7.10. The second-order valence-corrected chi connectivity index (χ2v) is 12.3. The minimum atomic E-state index is -0.901. The lowest BCUT2D eigenvalue weighted by Gasteiger charge is -2.31. The summed E-state index contributed by atoms with van der Waals surface area (Å²) in [5, 5.41) is 0. The molecular weight excluding hydrogens is 558 g/mol. The average Bonchev–Trinajstić information content (AvgIpc) is 3.65. The molecule has 3 aliphatic rings. The molecule has 0 saturated carbocycles. The van der Waals surface area contributed by atoms with Crippen molar-refractivity contribution in [1.82, 2.24) is 29.3 Å². The van der Waals surface area contributed by atoms with Crippen LogP contribution in [0.4, 0.5) is 10.6 Å². The summed E-state index contributed by atoms with van der Waals surface area (Å²) in [4.78, 5) is 54.6. The Balaban J connectivity index is 1.21. The molecule has 3 aromatic rings. The monoisotopic (exact) mass is 593 g/mol. The smallest absolute Gasteiger partial charge is 0.410 e.